The largest absolute Gasteiger partial charge is 0.451 e. The van der Waals surface area contributed by atoms with E-state index < -0.39 is 12.0 Å². The Kier molecular flexibility index (Phi) is 3.14. The van der Waals surface area contributed by atoms with Gasteiger partial charge >= 0.3 is 6.18 Å². The van der Waals surface area contributed by atoms with Crippen LogP contribution in [0.2, 0.25) is 0 Å². The highest BCUT2D eigenvalue weighted by atomic mass is 19.4. The zero-order valence-electron chi connectivity index (χ0n) is 9.15. The molecule has 0 atom stereocenters. The molecule has 0 radical (unpaired) electrons. The average Bonchev–Trinajstić information content (AvgIpc) is 2.28. The number of aromatic nitrogens is 3. The van der Waals surface area contributed by atoms with Crippen molar-refractivity contribution in [1.29, 1.82) is 0 Å². The lowest BCUT2D eigenvalue weighted by atomic mass is 10.1. The molecule has 7 heteroatoms. The van der Waals surface area contributed by atoms with Crippen LogP contribution in [-0.4, -0.2) is 15.0 Å². The number of nitrogen functional groups attached to an aromatic ring is 1. The Bertz CT molecular complexity index is 540. The zero-order chi connectivity index (χ0) is 13.2. The smallest absolute Gasteiger partial charge is 0.384 e. The molecule has 0 bridgehead atoms. The Hall–Kier alpha value is -2.18. The molecule has 94 valence electrons. The summed E-state index contributed by atoms with van der Waals surface area (Å²) in [4.78, 5) is 10.5. The third-order valence-corrected chi connectivity index (χ3v) is 2.16. The summed E-state index contributed by atoms with van der Waals surface area (Å²) in [5.41, 5.74) is 6.31. The number of nitrogens with zero attached hydrogens (tertiary/aromatic N) is 3. The fraction of sp³-hybridized carbons (Fsp3) is 0.182. The molecule has 4 nitrogen and oxygen atoms in total. The number of anilines is 1. The second-order valence-electron chi connectivity index (χ2n) is 3.64. The molecule has 0 aliphatic carbocycles. The van der Waals surface area contributed by atoms with Crippen LogP contribution >= 0.6 is 0 Å². The van der Waals surface area contributed by atoms with E-state index in [1.165, 1.54) is 6.07 Å². The summed E-state index contributed by atoms with van der Waals surface area (Å²) in [5, 5.41) is 0. The first kappa shape index (κ1) is 12.3. The molecule has 0 amide bonds. The standard InChI is InChI=1S/C11H9F3N4/c12-11(13,14)10-17-8(5-9(15)18-10)4-7-2-1-3-16-6-7/h1-3,5-6H,4H2,(H2,15,17,18). The van der Waals surface area contributed by atoms with Crippen LogP contribution < -0.4 is 5.73 Å². The van der Waals surface area contributed by atoms with Gasteiger partial charge < -0.3 is 5.73 Å². The summed E-state index contributed by atoms with van der Waals surface area (Å²) in [6.45, 7) is 0. The Balaban J connectivity index is 2.32. The zero-order valence-corrected chi connectivity index (χ0v) is 9.15. The first-order valence-electron chi connectivity index (χ1n) is 5.04. The summed E-state index contributed by atoms with van der Waals surface area (Å²) in [6.07, 6.45) is -1.23. The van der Waals surface area contributed by atoms with Gasteiger partial charge in [0, 0.05) is 24.9 Å². The molecule has 2 N–H and O–H groups in total. The lowest BCUT2D eigenvalue weighted by molar-refractivity contribution is -0.145. The Morgan fingerprint density at radius 3 is 2.61 bits per heavy atom. The molecule has 2 rings (SSSR count). The molecule has 0 unspecified atom stereocenters. The summed E-state index contributed by atoms with van der Waals surface area (Å²) in [5.74, 6) is -1.42. The van der Waals surface area contributed by atoms with E-state index >= 15 is 0 Å². The van der Waals surface area contributed by atoms with Gasteiger partial charge in [0.05, 0.1) is 5.69 Å². The Labute approximate surface area is 101 Å². The van der Waals surface area contributed by atoms with Crippen LogP contribution in [0, 0.1) is 0 Å². The van der Waals surface area contributed by atoms with Gasteiger partial charge in [-0.15, -0.1) is 0 Å². The molecule has 0 spiro atoms. The molecule has 0 fully saturated rings. The van der Waals surface area contributed by atoms with Crippen LogP contribution in [0.1, 0.15) is 17.1 Å². The van der Waals surface area contributed by atoms with Gasteiger partial charge in [-0.2, -0.15) is 13.2 Å². The predicted octanol–water partition coefficient (Wildman–Crippen LogP) is 2.06. The third-order valence-electron chi connectivity index (χ3n) is 2.16. The number of pyridine rings is 1. The minimum atomic E-state index is -4.60. The summed E-state index contributed by atoms with van der Waals surface area (Å²) < 4.78 is 37.5. The monoisotopic (exact) mass is 254 g/mol. The van der Waals surface area contributed by atoms with Gasteiger partial charge in [0.2, 0.25) is 5.82 Å². The second-order valence-corrected chi connectivity index (χ2v) is 3.64. The first-order chi connectivity index (χ1) is 8.45. The van der Waals surface area contributed by atoms with Crippen LogP contribution in [0.5, 0.6) is 0 Å². The van der Waals surface area contributed by atoms with E-state index in [4.69, 9.17) is 5.73 Å². The van der Waals surface area contributed by atoms with Crippen molar-refractivity contribution >= 4 is 5.82 Å². The maximum Gasteiger partial charge on any atom is 0.451 e. The second kappa shape index (κ2) is 4.59. The van der Waals surface area contributed by atoms with Gasteiger partial charge in [-0.05, 0) is 11.6 Å². The summed E-state index contributed by atoms with van der Waals surface area (Å²) >= 11 is 0. The van der Waals surface area contributed by atoms with Crippen molar-refractivity contribution in [2.24, 2.45) is 0 Å². The maximum absolute atomic E-state index is 12.5. The molecule has 2 aromatic heterocycles. The average molecular weight is 254 g/mol. The SMILES string of the molecule is Nc1cc(Cc2cccnc2)nc(C(F)(F)F)n1. The van der Waals surface area contributed by atoms with Crippen molar-refractivity contribution in [2.75, 3.05) is 5.73 Å². The van der Waals surface area contributed by atoms with Gasteiger partial charge in [0.25, 0.3) is 0 Å². The van der Waals surface area contributed by atoms with E-state index in [9.17, 15) is 13.2 Å². The molecule has 0 aliphatic rings. The Morgan fingerprint density at radius 1 is 1.22 bits per heavy atom. The van der Waals surface area contributed by atoms with Gasteiger partial charge in [-0.1, -0.05) is 6.07 Å². The summed E-state index contributed by atoms with van der Waals surface area (Å²) in [7, 11) is 0. The van der Waals surface area contributed by atoms with Crippen molar-refractivity contribution in [2.45, 2.75) is 12.6 Å². The van der Waals surface area contributed by atoms with Crippen molar-refractivity contribution in [3.05, 3.63) is 47.7 Å². The lowest BCUT2D eigenvalue weighted by Crippen LogP contribution is -2.14. The fourth-order valence-electron chi connectivity index (χ4n) is 1.45. The number of nitrogens with two attached hydrogens (primary N) is 1. The number of hydrogen-bond acceptors (Lipinski definition) is 4. The molecular formula is C11H9F3N4. The normalized spacial score (nSPS) is 11.5. The van der Waals surface area contributed by atoms with E-state index in [0.29, 0.717) is 0 Å². The molecule has 2 heterocycles. The molecular weight excluding hydrogens is 245 g/mol. The van der Waals surface area contributed by atoms with Gasteiger partial charge in [-0.3, -0.25) is 4.98 Å². The molecule has 0 saturated heterocycles. The highest BCUT2D eigenvalue weighted by Crippen LogP contribution is 2.27. The van der Waals surface area contributed by atoms with Crippen molar-refractivity contribution in [3.63, 3.8) is 0 Å². The van der Waals surface area contributed by atoms with E-state index in [1.807, 2.05) is 0 Å². The van der Waals surface area contributed by atoms with Crippen LogP contribution in [0.3, 0.4) is 0 Å². The van der Waals surface area contributed by atoms with Crippen LogP contribution in [0.15, 0.2) is 30.6 Å². The lowest BCUT2D eigenvalue weighted by Gasteiger charge is -2.08. The van der Waals surface area contributed by atoms with Crippen molar-refractivity contribution in [3.8, 4) is 0 Å². The third kappa shape index (κ3) is 2.93. The summed E-state index contributed by atoms with van der Waals surface area (Å²) in [6, 6.07) is 4.77. The fourth-order valence-corrected chi connectivity index (χ4v) is 1.45. The van der Waals surface area contributed by atoms with Gasteiger partial charge in [0.15, 0.2) is 0 Å². The van der Waals surface area contributed by atoms with E-state index in [1.54, 1.807) is 24.5 Å². The van der Waals surface area contributed by atoms with E-state index in [2.05, 4.69) is 15.0 Å². The van der Waals surface area contributed by atoms with Crippen LogP contribution in [-0.2, 0) is 12.6 Å². The van der Waals surface area contributed by atoms with Gasteiger partial charge in [0.1, 0.15) is 5.82 Å². The van der Waals surface area contributed by atoms with Crippen LogP contribution in [0.4, 0.5) is 19.0 Å². The first-order valence-corrected chi connectivity index (χ1v) is 5.04. The van der Waals surface area contributed by atoms with Gasteiger partial charge in [-0.25, -0.2) is 9.97 Å². The van der Waals surface area contributed by atoms with E-state index in [0.717, 1.165) is 5.56 Å². The number of halogens is 3. The van der Waals surface area contributed by atoms with E-state index in [-0.39, 0.29) is 17.9 Å². The number of rotatable bonds is 2. The maximum atomic E-state index is 12.5. The van der Waals surface area contributed by atoms with Crippen molar-refractivity contribution in [1.82, 2.24) is 15.0 Å². The van der Waals surface area contributed by atoms with Crippen molar-refractivity contribution < 1.29 is 13.2 Å². The minimum Gasteiger partial charge on any atom is -0.384 e. The Morgan fingerprint density at radius 2 is 2.00 bits per heavy atom. The highest BCUT2D eigenvalue weighted by molar-refractivity contribution is 5.32. The molecule has 0 aliphatic heterocycles. The topological polar surface area (TPSA) is 64.7 Å². The molecule has 18 heavy (non-hydrogen) atoms. The highest BCUT2D eigenvalue weighted by Gasteiger charge is 2.35. The minimum absolute atomic E-state index is 0.198. The molecule has 2 aromatic rings. The quantitative estimate of drug-likeness (QED) is 0.890. The number of alkyl halides is 3. The van der Waals surface area contributed by atoms with Crippen LogP contribution in [0.25, 0.3) is 0 Å². The number of hydrogen-bond donors (Lipinski definition) is 1. The molecule has 0 aromatic carbocycles. The predicted molar refractivity (Wildman–Crippen MR) is 58.5 cm³/mol. The molecule has 0 saturated carbocycles.